The minimum atomic E-state index is -4.83. The Labute approximate surface area is 263 Å². The zero-order chi connectivity index (χ0) is 32.1. The summed E-state index contributed by atoms with van der Waals surface area (Å²) in [6, 6.07) is 12.2. The van der Waals surface area contributed by atoms with Crippen LogP contribution in [0.2, 0.25) is 15.1 Å². The summed E-state index contributed by atoms with van der Waals surface area (Å²) in [6.45, 7) is 3.87. The fourth-order valence-electron chi connectivity index (χ4n) is 3.99. The second-order valence-corrected chi connectivity index (χ2v) is 12.9. The molecule has 2 atom stereocenters. The summed E-state index contributed by atoms with van der Waals surface area (Å²) in [7, 11) is -4.63. The highest BCUT2D eigenvalue weighted by Gasteiger charge is 2.36. The lowest BCUT2D eigenvalue weighted by Gasteiger charge is -2.33. The zero-order valence-electron chi connectivity index (χ0n) is 23.3. The molecule has 0 spiro atoms. The van der Waals surface area contributed by atoms with Gasteiger partial charge in [-0.1, -0.05) is 66.0 Å². The van der Waals surface area contributed by atoms with Gasteiger partial charge in [-0.25, -0.2) is 8.42 Å². The van der Waals surface area contributed by atoms with Crippen molar-refractivity contribution in [2.75, 3.05) is 10.8 Å². The Morgan fingerprint density at radius 1 is 0.930 bits per heavy atom. The molecular weight excluding hydrogens is 650 g/mol. The number of anilines is 1. The first-order valence-electron chi connectivity index (χ1n) is 13.0. The van der Waals surface area contributed by atoms with Gasteiger partial charge in [0.25, 0.3) is 10.0 Å². The summed E-state index contributed by atoms with van der Waals surface area (Å²) in [5.41, 5.74) is -1.33. The Hall–Kier alpha value is -2.99. The zero-order valence-corrected chi connectivity index (χ0v) is 26.4. The van der Waals surface area contributed by atoms with Gasteiger partial charge in [0.15, 0.2) is 0 Å². The fraction of sp³-hybridized carbons (Fsp3) is 0.310. The van der Waals surface area contributed by atoms with Gasteiger partial charge < -0.3 is 10.2 Å². The average Bonchev–Trinajstić information content (AvgIpc) is 2.95. The Balaban J connectivity index is 2.14. The van der Waals surface area contributed by atoms with E-state index in [4.69, 9.17) is 34.8 Å². The van der Waals surface area contributed by atoms with Gasteiger partial charge in [-0.05, 0) is 68.3 Å². The van der Waals surface area contributed by atoms with Crippen LogP contribution in [0.15, 0.2) is 71.6 Å². The summed E-state index contributed by atoms with van der Waals surface area (Å²) >= 11 is 18.6. The third-order valence-electron chi connectivity index (χ3n) is 6.68. The van der Waals surface area contributed by atoms with E-state index in [0.717, 1.165) is 11.0 Å². The SMILES string of the molecule is CC[C@@H](C)NC(=O)[C@@H](C)N(Cc1ccc(Cl)cc1Cl)C(=O)CN(c1cc(C(F)(F)F)ccc1Cl)S(=O)(=O)c1ccccc1. The van der Waals surface area contributed by atoms with Crippen molar-refractivity contribution in [2.45, 2.75) is 56.9 Å². The number of sulfonamides is 1. The van der Waals surface area contributed by atoms with Crippen LogP contribution in [-0.2, 0) is 32.3 Å². The maximum atomic E-state index is 14.0. The average molecular weight is 679 g/mol. The van der Waals surface area contributed by atoms with Crippen molar-refractivity contribution in [3.05, 3.63) is 92.9 Å². The Bertz CT molecular complexity index is 1570. The first-order chi connectivity index (χ1) is 20.1. The molecule has 0 unspecified atom stereocenters. The van der Waals surface area contributed by atoms with Crippen LogP contribution in [0.4, 0.5) is 18.9 Å². The number of nitrogens with one attached hydrogen (secondary N) is 1. The number of carbonyl (C=O) groups is 2. The summed E-state index contributed by atoms with van der Waals surface area (Å²) in [5.74, 6) is -1.42. The van der Waals surface area contributed by atoms with Gasteiger partial charge in [-0.3, -0.25) is 13.9 Å². The minimum Gasteiger partial charge on any atom is -0.352 e. The highest BCUT2D eigenvalue weighted by atomic mass is 35.5. The molecule has 0 aromatic heterocycles. The number of carbonyl (C=O) groups excluding carboxylic acids is 2. The Morgan fingerprint density at radius 3 is 2.16 bits per heavy atom. The molecule has 43 heavy (non-hydrogen) atoms. The first-order valence-corrected chi connectivity index (χ1v) is 15.6. The van der Waals surface area contributed by atoms with Gasteiger partial charge in [0.05, 0.1) is 21.2 Å². The molecule has 0 saturated heterocycles. The molecule has 0 aliphatic rings. The number of hydrogen-bond donors (Lipinski definition) is 1. The van der Waals surface area contributed by atoms with Crippen molar-refractivity contribution < 1.29 is 31.2 Å². The van der Waals surface area contributed by atoms with E-state index in [0.29, 0.717) is 33.4 Å². The maximum absolute atomic E-state index is 14.0. The highest BCUT2D eigenvalue weighted by Crippen LogP contribution is 2.37. The molecule has 0 heterocycles. The molecule has 1 N–H and O–H groups in total. The molecule has 14 heteroatoms. The van der Waals surface area contributed by atoms with E-state index in [9.17, 15) is 31.2 Å². The molecular formula is C29H29Cl3F3N3O4S. The number of halogens is 6. The number of hydrogen-bond acceptors (Lipinski definition) is 4. The summed E-state index contributed by atoms with van der Waals surface area (Å²) in [4.78, 5) is 27.9. The number of nitrogens with zero attached hydrogens (tertiary/aromatic N) is 2. The molecule has 3 rings (SSSR count). The van der Waals surface area contributed by atoms with Crippen LogP contribution in [0.1, 0.15) is 38.3 Å². The molecule has 0 bridgehead atoms. The molecule has 0 radical (unpaired) electrons. The van der Waals surface area contributed by atoms with Crippen molar-refractivity contribution in [3.63, 3.8) is 0 Å². The van der Waals surface area contributed by atoms with Crippen molar-refractivity contribution in [3.8, 4) is 0 Å². The van der Waals surface area contributed by atoms with Crippen LogP contribution < -0.4 is 9.62 Å². The molecule has 3 aromatic rings. The molecule has 3 aromatic carbocycles. The van der Waals surface area contributed by atoms with Crippen LogP contribution in [0.25, 0.3) is 0 Å². The second-order valence-electron chi connectivity index (χ2n) is 9.74. The van der Waals surface area contributed by atoms with E-state index in [1.54, 1.807) is 19.1 Å². The van der Waals surface area contributed by atoms with Gasteiger partial charge in [-0.15, -0.1) is 0 Å². The maximum Gasteiger partial charge on any atom is 0.416 e. The first kappa shape index (κ1) is 34.5. The highest BCUT2D eigenvalue weighted by molar-refractivity contribution is 7.92. The third-order valence-corrected chi connectivity index (χ3v) is 9.36. The summed E-state index contributed by atoms with van der Waals surface area (Å²) in [6.07, 6.45) is -4.22. The smallest absolute Gasteiger partial charge is 0.352 e. The second kappa shape index (κ2) is 14.2. The van der Waals surface area contributed by atoms with Crippen LogP contribution >= 0.6 is 34.8 Å². The number of alkyl halides is 3. The fourth-order valence-corrected chi connectivity index (χ4v) is 6.18. The van der Waals surface area contributed by atoms with E-state index in [-0.39, 0.29) is 27.5 Å². The lowest BCUT2D eigenvalue weighted by atomic mass is 10.1. The quantitative estimate of drug-likeness (QED) is 0.233. The van der Waals surface area contributed by atoms with Crippen LogP contribution in [0.3, 0.4) is 0 Å². The minimum absolute atomic E-state index is 0.189. The Morgan fingerprint density at radius 2 is 1.58 bits per heavy atom. The van der Waals surface area contributed by atoms with Crippen LogP contribution in [-0.4, -0.2) is 43.8 Å². The van der Waals surface area contributed by atoms with Gasteiger partial charge in [0, 0.05) is 22.6 Å². The summed E-state index contributed by atoms with van der Waals surface area (Å²) in [5, 5.41) is 2.96. The molecule has 0 fully saturated rings. The predicted molar refractivity (Wildman–Crippen MR) is 162 cm³/mol. The van der Waals surface area contributed by atoms with E-state index < -0.39 is 51.9 Å². The number of amides is 2. The van der Waals surface area contributed by atoms with Crippen molar-refractivity contribution in [1.82, 2.24) is 10.2 Å². The predicted octanol–water partition coefficient (Wildman–Crippen LogP) is 7.19. The lowest BCUT2D eigenvalue weighted by Crippen LogP contribution is -2.52. The topological polar surface area (TPSA) is 86.8 Å². The van der Waals surface area contributed by atoms with Gasteiger partial charge >= 0.3 is 6.18 Å². The van der Waals surface area contributed by atoms with Crippen LogP contribution in [0, 0.1) is 0 Å². The van der Waals surface area contributed by atoms with E-state index in [1.165, 1.54) is 43.3 Å². The molecule has 7 nitrogen and oxygen atoms in total. The van der Waals surface area contributed by atoms with E-state index in [1.807, 2.05) is 6.92 Å². The van der Waals surface area contributed by atoms with E-state index >= 15 is 0 Å². The molecule has 0 saturated carbocycles. The molecule has 232 valence electrons. The molecule has 0 aliphatic carbocycles. The van der Waals surface area contributed by atoms with Crippen molar-refractivity contribution in [2.24, 2.45) is 0 Å². The third kappa shape index (κ3) is 8.56. The van der Waals surface area contributed by atoms with Crippen LogP contribution in [0.5, 0.6) is 0 Å². The van der Waals surface area contributed by atoms with Gasteiger partial charge in [0.2, 0.25) is 11.8 Å². The van der Waals surface area contributed by atoms with Gasteiger partial charge in [0.1, 0.15) is 12.6 Å². The number of benzene rings is 3. The van der Waals surface area contributed by atoms with E-state index in [2.05, 4.69) is 5.32 Å². The lowest BCUT2D eigenvalue weighted by molar-refractivity contribution is -0.139. The normalized spacial score (nSPS) is 13.2. The molecule has 2 amide bonds. The molecule has 0 aliphatic heterocycles. The monoisotopic (exact) mass is 677 g/mol. The van der Waals surface area contributed by atoms with Crippen molar-refractivity contribution in [1.29, 1.82) is 0 Å². The van der Waals surface area contributed by atoms with Gasteiger partial charge in [-0.2, -0.15) is 13.2 Å². The Kier molecular flexibility index (Phi) is 11.4. The largest absolute Gasteiger partial charge is 0.416 e. The van der Waals surface area contributed by atoms with Crippen molar-refractivity contribution >= 4 is 62.3 Å². The number of rotatable bonds is 11. The standard InChI is InChI=1S/C29H29Cl3F3N3O4S/c1-4-18(2)36-28(40)19(3)37(16-20-10-12-22(30)15-25(20)32)27(39)17-38(43(41,42)23-8-6-5-7-9-23)26-14-21(29(33,34)35)11-13-24(26)31/h5-15,18-19H,4,16-17H2,1-3H3,(H,36,40)/t18-,19-/m1/s1. The summed E-state index contributed by atoms with van der Waals surface area (Å²) < 4.78 is 69.2.